The van der Waals surface area contributed by atoms with E-state index >= 15 is 0 Å². The average Bonchev–Trinajstić information content (AvgIpc) is 2.85. The molecule has 3 rings (SSSR count). The Balaban J connectivity index is 1.61. The Morgan fingerprint density at radius 1 is 0.889 bits per heavy atom. The van der Waals surface area contributed by atoms with E-state index in [-0.39, 0.29) is 22.8 Å². The van der Waals surface area contributed by atoms with Gasteiger partial charge in [0.2, 0.25) is 5.91 Å². The molecule has 1 unspecified atom stereocenters. The normalized spacial score (nSPS) is 11.5. The van der Waals surface area contributed by atoms with Gasteiger partial charge in [-0.05, 0) is 85.9 Å². The second-order valence-electron chi connectivity index (χ2n) is 8.96. The smallest absolute Gasteiger partial charge is 0.257 e. The van der Waals surface area contributed by atoms with E-state index in [1.807, 2.05) is 26.0 Å². The fourth-order valence-electron chi connectivity index (χ4n) is 3.73. The third-order valence-electron chi connectivity index (χ3n) is 5.60. The predicted molar refractivity (Wildman–Crippen MR) is 150 cm³/mol. The van der Waals surface area contributed by atoms with Gasteiger partial charge in [-0.2, -0.15) is 0 Å². The fourth-order valence-corrected chi connectivity index (χ4v) is 3.94. The summed E-state index contributed by atoms with van der Waals surface area (Å²) < 4.78 is 5.44. The summed E-state index contributed by atoms with van der Waals surface area (Å²) in [6.07, 6.45) is 1.00. The molecule has 0 saturated heterocycles. The summed E-state index contributed by atoms with van der Waals surface area (Å²) in [4.78, 5) is 25.7. The standard InChI is InChI=1S/C29H33N3O3S/c1-5-35-24-16-14-23(15-17-24)30-28(34)25-8-6-7-9-26(25)31-29(36)32-27(33)20(4)22-12-10-21(11-13-22)18-19(2)3/h6-17,19-20H,5,18H2,1-4H3,(H,30,34)(H2,31,32,33,36). The van der Waals surface area contributed by atoms with Crippen molar-refractivity contribution in [1.29, 1.82) is 0 Å². The Labute approximate surface area is 218 Å². The minimum atomic E-state index is -0.379. The van der Waals surface area contributed by atoms with Crippen molar-refractivity contribution in [3.05, 3.63) is 89.5 Å². The first kappa shape index (κ1) is 26.9. The molecule has 0 radical (unpaired) electrons. The molecule has 0 fully saturated rings. The van der Waals surface area contributed by atoms with Crippen molar-refractivity contribution >= 4 is 40.5 Å². The lowest BCUT2D eigenvalue weighted by Crippen LogP contribution is -2.37. The van der Waals surface area contributed by atoms with Gasteiger partial charge >= 0.3 is 0 Å². The molecule has 6 nitrogen and oxygen atoms in total. The number of hydrogen-bond donors (Lipinski definition) is 3. The topological polar surface area (TPSA) is 79.5 Å². The number of amides is 2. The lowest BCUT2D eigenvalue weighted by molar-refractivity contribution is -0.120. The average molecular weight is 504 g/mol. The van der Waals surface area contributed by atoms with Crippen LogP contribution in [0.1, 0.15) is 55.1 Å². The Hall–Kier alpha value is -3.71. The van der Waals surface area contributed by atoms with Crippen LogP contribution in [0.5, 0.6) is 5.75 Å². The van der Waals surface area contributed by atoms with Gasteiger partial charge in [0, 0.05) is 5.69 Å². The van der Waals surface area contributed by atoms with Gasteiger partial charge in [0.1, 0.15) is 5.75 Å². The Morgan fingerprint density at radius 3 is 2.19 bits per heavy atom. The number of para-hydroxylation sites is 1. The third-order valence-corrected chi connectivity index (χ3v) is 5.80. The molecule has 2 amide bonds. The molecular weight excluding hydrogens is 470 g/mol. The number of carbonyl (C=O) groups is 2. The molecule has 0 aromatic heterocycles. The van der Waals surface area contributed by atoms with Crippen molar-refractivity contribution in [3.8, 4) is 5.75 Å². The second kappa shape index (κ2) is 12.8. The highest BCUT2D eigenvalue weighted by atomic mass is 32.1. The minimum absolute atomic E-state index is 0.129. The third kappa shape index (κ3) is 7.65. The van der Waals surface area contributed by atoms with Crippen LogP contribution in [0.25, 0.3) is 0 Å². The largest absolute Gasteiger partial charge is 0.494 e. The number of benzene rings is 3. The Morgan fingerprint density at radius 2 is 1.56 bits per heavy atom. The maximum atomic E-state index is 12.9. The number of anilines is 2. The molecule has 3 N–H and O–H groups in total. The van der Waals surface area contributed by atoms with Crippen LogP contribution in [-0.4, -0.2) is 23.5 Å². The van der Waals surface area contributed by atoms with Crippen LogP contribution in [-0.2, 0) is 11.2 Å². The Kier molecular flexibility index (Phi) is 9.59. The van der Waals surface area contributed by atoms with E-state index in [2.05, 4.69) is 41.9 Å². The van der Waals surface area contributed by atoms with Gasteiger partial charge in [-0.25, -0.2) is 0 Å². The molecule has 3 aromatic rings. The summed E-state index contributed by atoms with van der Waals surface area (Å²) in [6.45, 7) is 8.69. The maximum absolute atomic E-state index is 12.9. The molecule has 0 heterocycles. The first-order valence-electron chi connectivity index (χ1n) is 12.1. The van der Waals surface area contributed by atoms with Gasteiger partial charge in [-0.1, -0.05) is 50.2 Å². The van der Waals surface area contributed by atoms with Crippen molar-refractivity contribution in [3.63, 3.8) is 0 Å². The fraction of sp³-hybridized carbons (Fsp3) is 0.276. The van der Waals surface area contributed by atoms with Gasteiger partial charge in [0.25, 0.3) is 5.91 Å². The van der Waals surface area contributed by atoms with E-state index in [4.69, 9.17) is 17.0 Å². The lowest BCUT2D eigenvalue weighted by atomic mass is 9.96. The molecule has 0 spiro atoms. The zero-order valence-electron chi connectivity index (χ0n) is 21.1. The summed E-state index contributed by atoms with van der Waals surface area (Å²) in [7, 11) is 0. The SMILES string of the molecule is CCOc1ccc(NC(=O)c2ccccc2NC(=S)NC(=O)C(C)c2ccc(CC(C)C)cc2)cc1. The number of hydrogen-bond acceptors (Lipinski definition) is 4. The quantitative estimate of drug-likeness (QED) is 0.305. The summed E-state index contributed by atoms with van der Waals surface area (Å²) in [5.41, 5.74) is 3.70. The van der Waals surface area contributed by atoms with Crippen molar-refractivity contribution in [1.82, 2.24) is 5.32 Å². The van der Waals surface area contributed by atoms with Gasteiger partial charge in [0.15, 0.2) is 5.11 Å². The van der Waals surface area contributed by atoms with E-state index in [9.17, 15) is 9.59 Å². The second-order valence-corrected chi connectivity index (χ2v) is 9.37. The van der Waals surface area contributed by atoms with Crippen LogP contribution in [0.4, 0.5) is 11.4 Å². The van der Waals surface area contributed by atoms with Crippen molar-refractivity contribution < 1.29 is 14.3 Å². The van der Waals surface area contributed by atoms with Crippen LogP contribution in [0.2, 0.25) is 0 Å². The summed E-state index contributed by atoms with van der Waals surface area (Å²) >= 11 is 5.38. The van der Waals surface area contributed by atoms with Crippen LogP contribution in [0, 0.1) is 5.92 Å². The molecule has 0 saturated carbocycles. The lowest BCUT2D eigenvalue weighted by Gasteiger charge is -2.16. The number of thiocarbonyl (C=S) groups is 1. The van der Waals surface area contributed by atoms with Gasteiger partial charge in [-0.15, -0.1) is 0 Å². The zero-order valence-corrected chi connectivity index (χ0v) is 21.9. The van der Waals surface area contributed by atoms with Crippen LogP contribution < -0.4 is 20.7 Å². The molecule has 0 bridgehead atoms. The molecule has 3 aromatic carbocycles. The highest BCUT2D eigenvalue weighted by Gasteiger charge is 2.18. The van der Waals surface area contributed by atoms with Crippen molar-refractivity contribution in [2.24, 2.45) is 5.92 Å². The van der Waals surface area contributed by atoms with Gasteiger partial charge in [0.05, 0.1) is 23.8 Å². The number of carbonyl (C=O) groups excluding carboxylic acids is 2. The number of nitrogens with one attached hydrogen (secondary N) is 3. The summed E-state index contributed by atoms with van der Waals surface area (Å²) in [5.74, 6) is 0.410. The molecule has 36 heavy (non-hydrogen) atoms. The molecule has 1 atom stereocenters. The number of ether oxygens (including phenoxy) is 1. The molecule has 7 heteroatoms. The van der Waals surface area contributed by atoms with Crippen LogP contribution >= 0.6 is 12.2 Å². The first-order valence-corrected chi connectivity index (χ1v) is 12.5. The van der Waals surface area contributed by atoms with E-state index in [0.717, 1.165) is 17.7 Å². The minimum Gasteiger partial charge on any atom is -0.494 e. The molecule has 188 valence electrons. The maximum Gasteiger partial charge on any atom is 0.257 e. The van der Waals surface area contributed by atoms with Gasteiger partial charge < -0.3 is 20.7 Å². The predicted octanol–water partition coefficient (Wildman–Crippen LogP) is 6.15. The van der Waals surface area contributed by atoms with E-state index in [1.165, 1.54) is 5.56 Å². The van der Waals surface area contributed by atoms with E-state index in [0.29, 0.717) is 29.5 Å². The summed E-state index contributed by atoms with van der Waals surface area (Å²) in [6, 6.07) is 22.2. The van der Waals surface area contributed by atoms with E-state index in [1.54, 1.807) is 48.5 Å². The highest BCUT2D eigenvalue weighted by Crippen LogP contribution is 2.21. The van der Waals surface area contributed by atoms with Crippen LogP contribution in [0.15, 0.2) is 72.8 Å². The first-order chi connectivity index (χ1) is 17.3. The van der Waals surface area contributed by atoms with Gasteiger partial charge in [-0.3, -0.25) is 9.59 Å². The van der Waals surface area contributed by atoms with Crippen molar-refractivity contribution in [2.45, 2.75) is 40.0 Å². The van der Waals surface area contributed by atoms with E-state index < -0.39 is 0 Å². The molecule has 0 aliphatic heterocycles. The highest BCUT2D eigenvalue weighted by molar-refractivity contribution is 7.80. The molecule has 0 aliphatic rings. The molecule has 0 aliphatic carbocycles. The summed E-state index contributed by atoms with van der Waals surface area (Å²) in [5, 5.41) is 8.73. The zero-order chi connectivity index (χ0) is 26.1. The Bertz CT molecular complexity index is 1190. The number of rotatable bonds is 9. The molecular formula is C29H33N3O3S. The monoisotopic (exact) mass is 503 g/mol. The van der Waals surface area contributed by atoms with Crippen LogP contribution in [0.3, 0.4) is 0 Å². The van der Waals surface area contributed by atoms with Crippen molar-refractivity contribution in [2.75, 3.05) is 17.2 Å².